The van der Waals surface area contributed by atoms with E-state index >= 15 is 0 Å². The lowest BCUT2D eigenvalue weighted by Crippen LogP contribution is -2.52. The number of carbonyl (C=O) groups excluding carboxylic acids is 2. The van der Waals surface area contributed by atoms with Gasteiger partial charge < -0.3 is 15.0 Å². The molecule has 0 heterocycles. The molecular weight excluding hydrogens is 478 g/mol. The Hall–Kier alpha value is -3.85. The molecule has 0 aliphatic heterocycles. The van der Waals surface area contributed by atoms with Crippen molar-refractivity contribution < 1.29 is 22.7 Å². The molecular formula is C27H31N3O5S. The fraction of sp³-hybridized carbons (Fsp3) is 0.259. The Kier molecular flexibility index (Phi) is 9.08. The molecule has 1 atom stereocenters. The van der Waals surface area contributed by atoms with Gasteiger partial charge >= 0.3 is 0 Å². The Morgan fingerprint density at radius 2 is 1.53 bits per heavy atom. The van der Waals surface area contributed by atoms with E-state index in [-0.39, 0.29) is 18.9 Å². The Labute approximate surface area is 212 Å². The summed E-state index contributed by atoms with van der Waals surface area (Å²) in [6, 6.07) is 24.3. The average molecular weight is 510 g/mol. The quantitative estimate of drug-likeness (QED) is 0.429. The van der Waals surface area contributed by atoms with E-state index in [1.807, 2.05) is 60.7 Å². The van der Waals surface area contributed by atoms with Crippen LogP contribution in [-0.2, 0) is 32.6 Å². The molecule has 3 rings (SSSR count). The standard InChI is InChI=1S/C27H31N3O5S/c1-28-27(32)25(17-21-11-6-4-7-12-21)29(19-22-13-8-5-9-14-22)26(31)20-30(36(3,33)34)23-15-10-16-24(18-23)35-2/h4-16,18,25H,17,19-20H2,1-3H3,(H,28,32). The molecule has 0 spiro atoms. The number of rotatable bonds is 11. The maximum Gasteiger partial charge on any atom is 0.244 e. The third-order valence-electron chi connectivity index (χ3n) is 5.73. The second-order valence-corrected chi connectivity index (χ2v) is 10.2. The van der Waals surface area contributed by atoms with Gasteiger partial charge in [0.1, 0.15) is 18.3 Å². The van der Waals surface area contributed by atoms with Gasteiger partial charge in [0, 0.05) is 26.1 Å². The molecule has 0 aliphatic rings. The number of benzene rings is 3. The van der Waals surface area contributed by atoms with Crippen molar-refractivity contribution in [3.05, 3.63) is 96.1 Å². The van der Waals surface area contributed by atoms with E-state index in [0.717, 1.165) is 21.7 Å². The van der Waals surface area contributed by atoms with Crippen LogP contribution >= 0.6 is 0 Å². The third-order valence-corrected chi connectivity index (χ3v) is 6.87. The topological polar surface area (TPSA) is 96.0 Å². The van der Waals surface area contributed by atoms with Crippen LogP contribution in [0.3, 0.4) is 0 Å². The average Bonchev–Trinajstić information content (AvgIpc) is 2.89. The van der Waals surface area contributed by atoms with Gasteiger partial charge in [0.25, 0.3) is 0 Å². The lowest BCUT2D eigenvalue weighted by atomic mass is 10.0. The van der Waals surface area contributed by atoms with Crippen molar-refractivity contribution in [2.24, 2.45) is 0 Å². The number of ether oxygens (including phenoxy) is 1. The molecule has 0 aromatic heterocycles. The van der Waals surface area contributed by atoms with Gasteiger partial charge in [-0.15, -0.1) is 0 Å². The first-order valence-corrected chi connectivity index (χ1v) is 13.3. The minimum atomic E-state index is -3.83. The molecule has 190 valence electrons. The Bertz CT molecular complexity index is 1270. The first kappa shape index (κ1) is 26.7. The van der Waals surface area contributed by atoms with Crippen molar-refractivity contribution in [1.82, 2.24) is 10.2 Å². The highest BCUT2D eigenvalue weighted by Gasteiger charge is 2.32. The predicted molar refractivity (Wildman–Crippen MR) is 140 cm³/mol. The van der Waals surface area contributed by atoms with E-state index in [0.29, 0.717) is 11.4 Å². The summed E-state index contributed by atoms with van der Waals surface area (Å²) in [5, 5.41) is 2.66. The van der Waals surface area contributed by atoms with E-state index in [9.17, 15) is 18.0 Å². The molecule has 0 fully saturated rings. The Morgan fingerprint density at radius 1 is 0.917 bits per heavy atom. The monoisotopic (exact) mass is 509 g/mol. The second kappa shape index (κ2) is 12.2. The summed E-state index contributed by atoms with van der Waals surface area (Å²) in [6.07, 6.45) is 1.32. The summed E-state index contributed by atoms with van der Waals surface area (Å²) < 4.78 is 31.7. The zero-order valence-electron chi connectivity index (χ0n) is 20.6. The van der Waals surface area contributed by atoms with Crippen molar-refractivity contribution >= 4 is 27.5 Å². The number of hydrogen-bond donors (Lipinski definition) is 1. The molecule has 3 aromatic rings. The Morgan fingerprint density at radius 3 is 2.08 bits per heavy atom. The molecule has 0 aliphatic carbocycles. The summed E-state index contributed by atoms with van der Waals surface area (Å²) in [5.41, 5.74) is 1.99. The van der Waals surface area contributed by atoms with Crippen LogP contribution in [0.25, 0.3) is 0 Å². The van der Waals surface area contributed by atoms with Crippen LogP contribution in [0.2, 0.25) is 0 Å². The van der Waals surface area contributed by atoms with Crippen LogP contribution in [0, 0.1) is 0 Å². The molecule has 3 aromatic carbocycles. The highest BCUT2D eigenvalue weighted by molar-refractivity contribution is 7.92. The number of nitrogens with one attached hydrogen (secondary N) is 1. The van der Waals surface area contributed by atoms with Crippen LogP contribution in [0.4, 0.5) is 5.69 Å². The smallest absolute Gasteiger partial charge is 0.244 e. The minimum absolute atomic E-state index is 0.139. The molecule has 36 heavy (non-hydrogen) atoms. The molecule has 0 saturated carbocycles. The zero-order valence-corrected chi connectivity index (χ0v) is 21.4. The summed E-state index contributed by atoms with van der Waals surface area (Å²) >= 11 is 0. The van der Waals surface area contributed by atoms with Crippen molar-refractivity contribution in [3.8, 4) is 5.75 Å². The number of hydrogen-bond acceptors (Lipinski definition) is 5. The van der Waals surface area contributed by atoms with Crippen molar-refractivity contribution in [2.75, 3.05) is 31.3 Å². The largest absolute Gasteiger partial charge is 0.497 e. The van der Waals surface area contributed by atoms with Crippen molar-refractivity contribution in [2.45, 2.75) is 19.0 Å². The van der Waals surface area contributed by atoms with E-state index in [4.69, 9.17) is 4.74 Å². The highest BCUT2D eigenvalue weighted by Crippen LogP contribution is 2.24. The normalized spacial score (nSPS) is 11.9. The number of methoxy groups -OCH3 is 1. The van der Waals surface area contributed by atoms with Gasteiger partial charge in [0.2, 0.25) is 21.8 Å². The van der Waals surface area contributed by atoms with Crippen LogP contribution < -0.4 is 14.4 Å². The second-order valence-electron chi connectivity index (χ2n) is 8.30. The molecule has 0 saturated heterocycles. The molecule has 9 heteroatoms. The zero-order chi connectivity index (χ0) is 26.1. The van der Waals surface area contributed by atoms with Crippen LogP contribution in [0.15, 0.2) is 84.9 Å². The number of anilines is 1. The van der Waals surface area contributed by atoms with Crippen LogP contribution in [0.5, 0.6) is 5.75 Å². The SMILES string of the molecule is CNC(=O)C(Cc1ccccc1)N(Cc1ccccc1)C(=O)CN(c1cccc(OC)c1)S(C)(=O)=O. The van der Waals surface area contributed by atoms with Gasteiger partial charge in [-0.2, -0.15) is 0 Å². The van der Waals surface area contributed by atoms with Gasteiger partial charge in [0.05, 0.1) is 19.1 Å². The number of sulfonamides is 1. The van der Waals surface area contributed by atoms with Gasteiger partial charge in [-0.05, 0) is 23.3 Å². The van der Waals surface area contributed by atoms with Crippen LogP contribution in [0.1, 0.15) is 11.1 Å². The molecule has 0 bridgehead atoms. The maximum atomic E-state index is 13.8. The van der Waals surface area contributed by atoms with E-state index in [1.165, 1.54) is 19.1 Å². The van der Waals surface area contributed by atoms with Gasteiger partial charge in [0.15, 0.2) is 0 Å². The lowest BCUT2D eigenvalue weighted by Gasteiger charge is -2.33. The fourth-order valence-electron chi connectivity index (χ4n) is 3.88. The maximum absolute atomic E-state index is 13.8. The van der Waals surface area contributed by atoms with Gasteiger partial charge in [-0.3, -0.25) is 13.9 Å². The molecule has 2 amide bonds. The predicted octanol–water partition coefficient (Wildman–Crippen LogP) is 2.85. The molecule has 8 nitrogen and oxygen atoms in total. The summed E-state index contributed by atoms with van der Waals surface area (Å²) in [6.45, 7) is -0.332. The van der Waals surface area contributed by atoms with E-state index in [1.54, 1.807) is 24.3 Å². The van der Waals surface area contributed by atoms with E-state index in [2.05, 4.69) is 5.32 Å². The van der Waals surface area contributed by atoms with Crippen molar-refractivity contribution in [1.29, 1.82) is 0 Å². The summed E-state index contributed by atoms with van der Waals surface area (Å²) in [4.78, 5) is 28.3. The molecule has 0 radical (unpaired) electrons. The number of amides is 2. The molecule has 1 N–H and O–H groups in total. The first-order chi connectivity index (χ1) is 17.2. The van der Waals surface area contributed by atoms with Gasteiger partial charge in [-0.25, -0.2) is 8.42 Å². The van der Waals surface area contributed by atoms with Crippen LogP contribution in [-0.4, -0.2) is 58.1 Å². The lowest BCUT2D eigenvalue weighted by molar-refractivity contribution is -0.139. The first-order valence-electron chi connectivity index (χ1n) is 11.4. The van der Waals surface area contributed by atoms with E-state index < -0.39 is 28.5 Å². The molecule has 1 unspecified atom stereocenters. The number of likely N-dealkylation sites (N-methyl/N-ethyl adjacent to an activating group) is 1. The van der Waals surface area contributed by atoms with Crippen molar-refractivity contribution in [3.63, 3.8) is 0 Å². The third kappa shape index (κ3) is 7.08. The Balaban J connectivity index is 2.01. The minimum Gasteiger partial charge on any atom is -0.497 e. The number of nitrogens with zero attached hydrogens (tertiary/aromatic N) is 2. The number of carbonyl (C=O) groups is 2. The summed E-state index contributed by atoms with van der Waals surface area (Å²) in [7, 11) is -0.826. The highest BCUT2D eigenvalue weighted by atomic mass is 32.2. The van der Waals surface area contributed by atoms with Gasteiger partial charge in [-0.1, -0.05) is 66.7 Å². The summed E-state index contributed by atoms with van der Waals surface area (Å²) in [5.74, 6) is -0.380. The fourth-order valence-corrected chi connectivity index (χ4v) is 4.72.